The zero-order valence-corrected chi connectivity index (χ0v) is 13.8. The highest BCUT2D eigenvalue weighted by molar-refractivity contribution is 7.98. The third-order valence-electron chi connectivity index (χ3n) is 2.93. The number of carboxylic acids is 1. The van der Waals surface area contributed by atoms with E-state index in [0.29, 0.717) is 13.0 Å². The Bertz CT molecular complexity index is 555. The van der Waals surface area contributed by atoms with E-state index in [1.54, 1.807) is 23.9 Å². The Hall–Kier alpha value is -1.05. The van der Waals surface area contributed by atoms with Gasteiger partial charge in [0.15, 0.2) is 0 Å². The molecule has 0 aliphatic heterocycles. The number of rotatable bonds is 9. The van der Waals surface area contributed by atoms with Gasteiger partial charge in [-0.3, -0.25) is 4.79 Å². The molecule has 1 atom stereocenters. The summed E-state index contributed by atoms with van der Waals surface area (Å²) < 4.78 is 26.8. The number of aryl methyl sites for hydroxylation is 1. The van der Waals surface area contributed by atoms with Crippen LogP contribution in [0.3, 0.4) is 0 Å². The number of aliphatic carboxylic acids is 1. The lowest BCUT2D eigenvalue weighted by atomic mass is 10.1. The number of sulfonamides is 1. The summed E-state index contributed by atoms with van der Waals surface area (Å²) in [5, 5.41) is 8.62. The maximum atomic E-state index is 12.1. The Morgan fingerprint density at radius 1 is 1.33 bits per heavy atom. The minimum atomic E-state index is -3.50. The zero-order valence-electron chi connectivity index (χ0n) is 12.2. The summed E-state index contributed by atoms with van der Waals surface area (Å²) >= 11 is 1.68. The average molecular weight is 331 g/mol. The molecule has 0 aliphatic carbocycles. The molecule has 0 aliphatic rings. The summed E-state index contributed by atoms with van der Waals surface area (Å²) in [5.74, 6) is 0.303. The number of carboxylic acid groups (broad SMARTS) is 1. The van der Waals surface area contributed by atoms with Gasteiger partial charge in [0.25, 0.3) is 0 Å². The molecule has 0 aromatic heterocycles. The van der Waals surface area contributed by atoms with Crippen molar-refractivity contribution in [3.8, 4) is 0 Å². The van der Waals surface area contributed by atoms with E-state index in [9.17, 15) is 13.2 Å². The third kappa shape index (κ3) is 6.50. The van der Waals surface area contributed by atoms with Gasteiger partial charge in [0, 0.05) is 13.0 Å². The van der Waals surface area contributed by atoms with Crippen LogP contribution in [0.2, 0.25) is 0 Å². The summed E-state index contributed by atoms with van der Waals surface area (Å²) in [5.41, 5.74) is 0.812. The van der Waals surface area contributed by atoms with Gasteiger partial charge in [0.05, 0.1) is 4.90 Å². The van der Waals surface area contributed by atoms with E-state index >= 15 is 0 Å². The maximum absolute atomic E-state index is 12.1. The van der Waals surface area contributed by atoms with Crippen molar-refractivity contribution in [3.63, 3.8) is 0 Å². The number of hydrogen-bond donors (Lipinski definition) is 2. The van der Waals surface area contributed by atoms with E-state index in [1.807, 2.05) is 13.2 Å². The molecule has 0 fully saturated rings. The zero-order chi connectivity index (χ0) is 15.9. The van der Waals surface area contributed by atoms with Gasteiger partial charge in [-0.05, 0) is 42.0 Å². The largest absolute Gasteiger partial charge is 0.481 e. The Morgan fingerprint density at radius 2 is 1.95 bits per heavy atom. The average Bonchev–Trinajstić information content (AvgIpc) is 2.44. The molecule has 0 spiro atoms. The number of hydrogen-bond acceptors (Lipinski definition) is 4. The first kappa shape index (κ1) is 18.0. The van der Waals surface area contributed by atoms with E-state index < -0.39 is 16.0 Å². The van der Waals surface area contributed by atoms with Crippen LogP contribution in [0.25, 0.3) is 0 Å². The predicted octanol–water partition coefficient (Wildman–Crippen LogP) is 1.98. The lowest BCUT2D eigenvalue weighted by molar-refractivity contribution is -0.136. The van der Waals surface area contributed by atoms with Crippen LogP contribution in [0.5, 0.6) is 0 Å². The highest BCUT2D eigenvalue weighted by Crippen LogP contribution is 2.13. The Kier molecular flexibility index (Phi) is 7.21. The topological polar surface area (TPSA) is 83.5 Å². The Labute approximate surface area is 130 Å². The van der Waals surface area contributed by atoms with E-state index in [-0.39, 0.29) is 17.2 Å². The molecule has 118 valence electrons. The number of nitrogens with one attached hydrogen (secondary N) is 1. The van der Waals surface area contributed by atoms with Crippen molar-refractivity contribution in [2.24, 2.45) is 5.92 Å². The van der Waals surface area contributed by atoms with Crippen LogP contribution in [0, 0.1) is 5.92 Å². The summed E-state index contributed by atoms with van der Waals surface area (Å²) in [6, 6.07) is 6.34. The maximum Gasteiger partial charge on any atom is 0.303 e. The quantitative estimate of drug-likeness (QED) is 0.723. The third-order valence-corrected chi connectivity index (χ3v) is 5.28. The van der Waals surface area contributed by atoms with E-state index in [0.717, 1.165) is 11.3 Å². The van der Waals surface area contributed by atoms with Gasteiger partial charge in [-0.1, -0.05) is 19.1 Å². The van der Waals surface area contributed by atoms with Gasteiger partial charge in [-0.25, -0.2) is 13.1 Å². The lowest BCUT2D eigenvalue weighted by Gasteiger charge is -2.12. The molecule has 1 aromatic rings. The summed E-state index contributed by atoms with van der Waals surface area (Å²) in [4.78, 5) is 10.7. The smallest absolute Gasteiger partial charge is 0.303 e. The Morgan fingerprint density at radius 3 is 2.48 bits per heavy atom. The van der Waals surface area contributed by atoms with Crippen molar-refractivity contribution in [2.45, 2.75) is 24.7 Å². The molecule has 0 radical (unpaired) electrons. The van der Waals surface area contributed by atoms with Crippen molar-refractivity contribution in [1.82, 2.24) is 4.72 Å². The van der Waals surface area contributed by atoms with Crippen molar-refractivity contribution in [1.29, 1.82) is 0 Å². The van der Waals surface area contributed by atoms with Crippen LogP contribution in [0.1, 0.15) is 18.9 Å². The molecule has 21 heavy (non-hydrogen) atoms. The molecule has 0 saturated heterocycles. The van der Waals surface area contributed by atoms with E-state index in [2.05, 4.69) is 4.72 Å². The van der Waals surface area contributed by atoms with Crippen molar-refractivity contribution in [2.75, 3.05) is 18.6 Å². The van der Waals surface area contributed by atoms with Crippen LogP contribution < -0.4 is 4.72 Å². The molecular weight excluding hydrogens is 310 g/mol. The molecule has 0 amide bonds. The van der Waals surface area contributed by atoms with Crippen LogP contribution in [0.15, 0.2) is 29.2 Å². The van der Waals surface area contributed by atoms with Gasteiger partial charge in [-0.2, -0.15) is 11.8 Å². The fourth-order valence-corrected chi connectivity index (χ4v) is 3.62. The second-order valence-electron chi connectivity index (χ2n) is 4.95. The van der Waals surface area contributed by atoms with Crippen LogP contribution in [-0.2, 0) is 21.2 Å². The second-order valence-corrected chi connectivity index (χ2v) is 7.63. The first-order chi connectivity index (χ1) is 9.85. The molecule has 0 heterocycles. The normalized spacial score (nSPS) is 13.0. The minimum absolute atomic E-state index is 0.0382. The molecule has 1 aromatic carbocycles. The van der Waals surface area contributed by atoms with Crippen molar-refractivity contribution < 1.29 is 18.3 Å². The second kappa shape index (κ2) is 8.41. The van der Waals surface area contributed by atoms with Crippen LogP contribution in [-0.4, -0.2) is 38.0 Å². The highest BCUT2D eigenvalue weighted by atomic mass is 32.2. The van der Waals surface area contributed by atoms with Gasteiger partial charge in [0.2, 0.25) is 10.0 Å². The lowest BCUT2D eigenvalue weighted by Crippen LogP contribution is -2.29. The standard InChI is InChI=1S/C14H21NO4S2/c1-11(10-20-2)9-15-21(18,19)13-6-3-12(4-7-13)5-8-14(16)17/h3-4,6-7,11,15H,5,8-10H2,1-2H3,(H,16,17). The van der Waals surface area contributed by atoms with Gasteiger partial charge >= 0.3 is 5.97 Å². The summed E-state index contributed by atoms with van der Waals surface area (Å²) in [6.45, 7) is 2.40. The molecule has 5 nitrogen and oxygen atoms in total. The predicted molar refractivity (Wildman–Crippen MR) is 85.1 cm³/mol. The molecule has 1 rings (SSSR count). The van der Waals surface area contributed by atoms with Crippen molar-refractivity contribution in [3.05, 3.63) is 29.8 Å². The van der Waals surface area contributed by atoms with Crippen LogP contribution >= 0.6 is 11.8 Å². The molecule has 0 bridgehead atoms. The van der Waals surface area contributed by atoms with Gasteiger partial charge in [0.1, 0.15) is 0 Å². The summed E-state index contributed by atoms with van der Waals surface area (Å²) in [6.07, 6.45) is 2.42. The first-order valence-corrected chi connectivity index (χ1v) is 9.52. The fourth-order valence-electron chi connectivity index (χ4n) is 1.77. The van der Waals surface area contributed by atoms with Crippen molar-refractivity contribution >= 4 is 27.8 Å². The van der Waals surface area contributed by atoms with Gasteiger partial charge < -0.3 is 5.11 Å². The first-order valence-electron chi connectivity index (χ1n) is 6.64. The molecule has 2 N–H and O–H groups in total. The Balaban J connectivity index is 2.64. The number of thioether (sulfide) groups is 1. The van der Waals surface area contributed by atoms with Gasteiger partial charge in [-0.15, -0.1) is 0 Å². The SMILES string of the molecule is CSCC(C)CNS(=O)(=O)c1ccc(CCC(=O)O)cc1. The number of benzene rings is 1. The van der Waals surface area contributed by atoms with E-state index in [1.165, 1.54) is 12.1 Å². The highest BCUT2D eigenvalue weighted by Gasteiger charge is 2.15. The monoisotopic (exact) mass is 331 g/mol. The molecular formula is C14H21NO4S2. The molecule has 7 heteroatoms. The molecule has 0 saturated carbocycles. The van der Waals surface area contributed by atoms with Crippen LogP contribution in [0.4, 0.5) is 0 Å². The number of carbonyl (C=O) groups is 1. The fraction of sp³-hybridized carbons (Fsp3) is 0.500. The minimum Gasteiger partial charge on any atom is -0.481 e. The van der Waals surface area contributed by atoms with E-state index in [4.69, 9.17) is 5.11 Å². The molecule has 1 unspecified atom stereocenters. The summed E-state index contributed by atoms with van der Waals surface area (Å²) in [7, 11) is -3.50.